The summed E-state index contributed by atoms with van der Waals surface area (Å²) in [6.45, 7) is 34.7. The van der Waals surface area contributed by atoms with E-state index < -0.39 is 30.0 Å². The Hall–Kier alpha value is -5.70. The van der Waals surface area contributed by atoms with Crippen molar-refractivity contribution in [2.45, 2.75) is 282 Å². The van der Waals surface area contributed by atoms with Crippen molar-refractivity contribution < 1.29 is 67.3 Å². The predicted octanol–water partition coefficient (Wildman–Crippen LogP) is 20.3. The number of aliphatic hydroxyl groups excluding tert-OH is 2. The lowest BCUT2D eigenvalue weighted by atomic mass is 9.42. The first-order chi connectivity index (χ1) is 49.4. The summed E-state index contributed by atoms with van der Waals surface area (Å²) in [5, 5.41) is 21.7. The molecule has 10 aliphatic carbocycles. The first-order valence-electron chi connectivity index (χ1n) is 40.5. The number of allylic oxidation sites excluding steroid dienone is 5. The van der Waals surface area contributed by atoms with Crippen molar-refractivity contribution in [2.24, 2.45) is 101 Å². The van der Waals surface area contributed by atoms with Crippen molar-refractivity contribution in [3.05, 3.63) is 94.8 Å². The van der Waals surface area contributed by atoms with Crippen molar-refractivity contribution in [3.63, 3.8) is 0 Å². The fraction of sp³-hybridized carbons (Fsp3) is 0.714. The van der Waals surface area contributed by atoms with Crippen molar-refractivity contribution in [1.29, 1.82) is 0 Å². The molecule has 0 bridgehead atoms. The SMILES string of the molecule is COc1cc(/C=C/C(O)/C=C(O)/C=C/c2ccc(OC(=O)CCC(=O)O[C@@H]3CC[C@]4(C)[C@H]5CCC6[C@@](C)(CCC7C(C)(C)[C@@H](OC)CC[C@@]76C)CC5=CC[C@H]4C3(C)C)c(OC)c2)ccc1OC(=O)CCC(=O)OC1CC[C@]2(C)C3CCC4[C@@](C)(CC[C@H]5C(C)(C)[C@@H](OC)CC[C@]45C)CC3=CCC2C1(C)C. The Morgan fingerprint density at radius 2 is 0.819 bits per heavy atom. The second kappa shape index (κ2) is 29.6. The van der Waals surface area contributed by atoms with Crippen LogP contribution in [-0.4, -0.2) is 93.0 Å². The van der Waals surface area contributed by atoms with E-state index in [2.05, 4.69) is 109 Å². The van der Waals surface area contributed by atoms with Gasteiger partial charge in [-0.3, -0.25) is 19.2 Å². The van der Waals surface area contributed by atoms with Crippen LogP contribution in [0.5, 0.6) is 23.0 Å². The van der Waals surface area contributed by atoms with Gasteiger partial charge in [0.15, 0.2) is 23.0 Å². The van der Waals surface area contributed by atoms with E-state index in [4.69, 9.17) is 37.9 Å². The molecule has 2 aromatic rings. The number of carbonyl (C=O) groups is 4. The summed E-state index contributed by atoms with van der Waals surface area (Å²) in [4.78, 5) is 53.9. The molecule has 0 aromatic heterocycles. The first kappa shape index (κ1) is 78.9. The molecule has 2 N–H and O–H groups in total. The number of esters is 4. The number of hydrogen-bond acceptors (Lipinski definition) is 14. The first-order valence-corrected chi connectivity index (χ1v) is 40.5. The molecular weight excluding hydrogens is 1320 g/mol. The van der Waals surface area contributed by atoms with E-state index in [9.17, 15) is 29.4 Å². The Morgan fingerprint density at radius 1 is 0.438 bits per heavy atom. The number of carbonyl (C=O) groups excluding carboxylic acids is 4. The highest BCUT2D eigenvalue weighted by Crippen LogP contribution is 2.73. The van der Waals surface area contributed by atoms with Gasteiger partial charge in [0, 0.05) is 25.0 Å². The minimum atomic E-state index is -1.18. The maximum atomic E-state index is 13.6. The molecule has 14 heteroatoms. The summed E-state index contributed by atoms with van der Waals surface area (Å²) in [6.07, 6.45) is 33.9. The van der Waals surface area contributed by atoms with E-state index in [-0.39, 0.29) is 99.1 Å². The molecule has 8 saturated carbocycles. The summed E-state index contributed by atoms with van der Waals surface area (Å²) >= 11 is 0. The molecule has 2 aromatic carbocycles. The smallest absolute Gasteiger partial charge is 0.311 e. The lowest BCUT2D eigenvalue weighted by molar-refractivity contribution is -0.178. The number of methoxy groups -OCH3 is 4. The monoisotopic (exact) mass is 1450 g/mol. The molecule has 19 atom stereocenters. The third kappa shape index (κ3) is 14.6. The zero-order valence-electron chi connectivity index (χ0n) is 67.3. The lowest BCUT2D eigenvalue weighted by Gasteiger charge is -2.64. The molecule has 578 valence electrons. The van der Waals surface area contributed by atoms with Gasteiger partial charge in [-0.2, -0.15) is 0 Å². The molecule has 8 fully saturated rings. The number of aliphatic hydroxyl groups is 2. The molecule has 10 aliphatic rings. The summed E-state index contributed by atoms with van der Waals surface area (Å²) < 4.78 is 47.6. The average Bonchev–Trinajstić information content (AvgIpc) is 1.38. The van der Waals surface area contributed by atoms with E-state index >= 15 is 0 Å². The molecule has 14 nitrogen and oxygen atoms in total. The molecule has 0 heterocycles. The Morgan fingerprint density at radius 3 is 1.23 bits per heavy atom. The Balaban J connectivity index is 0.575. The second-order valence-electron chi connectivity index (χ2n) is 38.8. The fourth-order valence-corrected chi connectivity index (χ4v) is 26.7. The average molecular weight is 1450 g/mol. The maximum absolute atomic E-state index is 13.6. The third-order valence-corrected chi connectivity index (χ3v) is 31.9. The van der Waals surface area contributed by atoms with Crippen LogP contribution in [0, 0.1) is 101 Å². The van der Waals surface area contributed by atoms with Gasteiger partial charge in [0.05, 0.1) is 58.2 Å². The van der Waals surface area contributed by atoms with Crippen LogP contribution in [0.4, 0.5) is 0 Å². The van der Waals surface area contributed by atoms with Gasteiger partial charge in [-0.1, -0.05) is 151 Å². The predicted molar refractivity (Wildman–Crippen MR) is 412 cm³/mol. The summed E-state index contributed by atoms with van der Waals surface area (Å²) in [5.74, 6) is 3.20. The van der Waals surface area contributed by atoms with Gasteiger partial charge in [0.2, 0.25) is 0 Å². The molecule has 0 radical (unpaired) electrons. The number of rotatable bonds is 19. The topological polar surface area (TPSA) is 183 Å². The Bertz CT molecular complexity index is 3730. The van der Waals surface area contributed by atoms with Crippen LogP contribution >= 0.6 is 0 Å². The number of benzene rings is 2. The van der Waals surface area contributed by atoms with Crippen LogP contribution < -0.4 is 18.9 Å². The van der Waals surface area contributed by atoms with Crippen LogP contribution in [0.3, 0.4) is 0 Å². The van der Waals surface area contributed by atoms with Crippen molar-refractivity contribution in [2.75, 3.05) is 28.4 Å². The van der Waals surface area contributed by atoms with E-state index in [1.54, 1.807) is 59.7 Å². The van der Waals surface area contributed by atoms with Crippen molar-refractivity contribution in [1.82, 2.24) is 0 Å². The number of fused-ring (bicyclic) bond motifs is 12. The quantitative estimate of drug-likeness (QED) is 0.0445. The minimum absolute atomic E-state index is 0.103. The van der Waals surface area contributed by atoms with Gasteiger partial charge in [0.1, 0.15) is 18.0 Å². The fourth-order valence-electron chi connectivity index (χ4n) is 26.7. The molecule has 0 saturated heterocycles. The number of hydrogen-bond donors (Lipinski definition) is 2. The standard InChI is InChI=1S/C91H130O14/c1-82(2)70-39-45-86(9)54-58-23-31-68-84(5,6)76(43-47-88(68,11)62(58)27-33-72(86)90(70,13)49-41-74(82)100-17)104-80(96)37-35-78(94)102-64-29-21-56(51-66(64)98-15)19-25-60(92)53-61(93)26-20-57-22-30-65(67(52-57)99-16)103-79(95)36-38-81(97)105-77-44-48-89(12)63-28-34-73-87(10,55-59(63)24-32-69(89)85(77,7)8)46-40-71-83(3,4)75(101-18)42-50-91(71,73)14/h19-26,29-30,51-53,60,62-63,68-77,92-93H,27-28,31-50,54-55H2,1-18H3/b25-19+,26-20+,61-53-/t60?,62?,63-,68?,69-,70-,71?,72?,73?,74-,75-,76?,77+,86-,87-,88+,89+,90-,91-/m0/s1. The van der Waals surface area contributed by atoms with E-state index in [1.807, 2.05) is 14.2 Å². The highest BCUT2D eigenvalue weighted by atomic mass is 16.6. The Labute approximate surface area is 629 Å². The third-order valence-electron chi connectivity index (χ3n) is 31.9. The van der Waals surface area contributed by atoms with Crippen molar-refractivity contribution >= 4 is 36.0 Å². The zero-order valence-corrected chi connectivity index (χ0v) is 67.3. The van der Waals surface area contributed by atoms with Crippen LogP contribution in [0.25, 0.3) is 12.2 Å². The zero-order chi connectivity index (χ0) is 75.8. The van der Waals surface area contributed by atoms with E-state index in [1.165, 1.54) is 109 Å². The van der Waals surface area contributed by atoms with Crippen LogP contribution in [0.1, 0.15) is 262 Å². The molecule has 0 amide bonds. The summed E-state index contributed by atoms with van der Waals surface area (Å²) in [6, 6.07) is 9.93. The van der Waals surface area contributed by atoms with Crippen LogP contribution in [-0.2, 0) is 38.1 Å². The Kier molecular flexibility index (Phi) is 22.2. The second-order valence-corrected chi connectivity index (χ2v) is 38.8. The summed E-state index contributed by atoms with van der Waals surface area (Å²) in [5.41, 5.74) is 5.83. The van der Waals surface area contributed by atoms with Crippen LogP contribution in [0.15, 0.2) is 83.7 Å². The van der Waals surface area contributed by atoms with E-state index in [0.29, 0.717) is 92.3 Å². The largest absolute Gasteiger partial charge is 0.508 e. The highest BCUT2D eigenvalue weighted by molar-refractivity contribution is 5.80. The van der Waals surface area contributed by atoms with Gasteiger partial charge in [-0.15, -0.1) is 0 Å². The summed E-state index contributed by atoms with van der Waals surface area (Å²) in [7, 11) is 6.75. The van der Waals surface area contributed by atoms with Gasteiger partial charge >= 0.3 is 23.9 Å². The van der Waals surface area contributed by atoms with Crippen LogP contribution in [0.2, 0.25) is 0 Å². The molecular formula is C91H130O14. The minimum Gasteiger partial charge on any atom is -0.508 e. The molecule has 0 spiro atoms. The molecule has 7 unspecified atom stereocenters. The number of ether oxygens (including phenoxy) is 8. The lowest BCUT2D eigenvalue weighted by Crippen LogP contribution is -2.58. The highest BCUT2D eigenvalue weighted by Gasteiger charge is 2.66. The normalized spacial score (nSPS) is 38.1. The maximum Gasteiger partial charge on any atom is 0.311 e. The van der Waals surface area contributed by atoms with Gasteiger partial charge in [-0.25, -0.2) is 0 Å². The van der Waals surface area contributed by atoms with E-state index in [0.717, 1.165) is 51.4 Å². The van der Waals surface area contributed by atoms with Gasteiger partial charge in [0.25, 0.3) is 0 Å². The van der Waals surface area contributed by atoms with Gasteiger partial charge < -0.3 is 48.1 Å². The van der Waals surface area contributed by atoms with Gasteiger partial charge in [-0.05, 0) is 267 Å². The molecule has 12 rings (SSSR count). The molecule has 0 aliphatic heterocycles. The van der Waals surface area contributed by atoms with Crippen molar-refractivity contribution in [3.8, 4) is 23.0 Å². The molecule has 105 heavy (non-hydrogen) atoms.